The third-order valence-corrected chi connectivity index (χ3v) is 8.33. The molecule has 38 heavy (non-hydrogen) atoms. The number of hydrogen-bond donors (Lipinski definition) is 1. The van der Waals surface area contributed by atoms with E-state index in [1.807, 2.05) is 25.3 Å². The number of piperidine rings is 1. The van der Waals surface area contributed by atoms with Gasteiger partial charge in [-0.25, -0.2) is 19.3 Å². The predicted molar refractivity (Wildman–Crippen MR) is 141 cm³/mol. The number of hydrogen-bond acceptors (Lipinski definition) is 8. The number of nitrogens with zero attached hydrogens (tertiary/aromatic N) is 4. The topological polar surface area (TPSA) is 89.5 Å². The summed E-state index contributed by atoms with van der Waals surface area (Å²) in [7, 11) is 0. The summed E-state index contributed by atoms with van der Waals surface area (Å²) < 4.78 is 24.5. The van der Waals surface area contributed by atoms with Gasteiger partial charge in [-0.3, -0.25) is 4.79 Å². The standard InChI is InChI=1S/C29H32FN5O3/c1-2-37-28-32-16-23(17-33-28)34-26-14-21(29(38-18-36)10-3-11-29)15-31-27(26)35-24-8-9-25(35)13-20(12-24)19-4-6-22(30)7-5-19/h4-7,14-18,20,24-25,34H,2-3,8-13H2,1H3. The summed E-state index contributed by atoms with van der Waals surface area (Å²) in [5.41, 5.74) is 3.04. The van der Waals surface area contributed by atoms with Crippen LogP contribution in [-0.4, -0.2) is 40.1 Å². The van der Waals surface area contributed by atoms with Gasteiger partial charge in [0.1, 0.15) is 11.4 Å². The van der Waals surface area contributed by atoms with Crippen molar-refractivity contribution in [3.05, 3.63) is 65.9 Å². The van der Waals surface area contributed by atoms with Crippen molar-refractivity contribution >= 4 is 23.7 Å². The molecule has 198 valence electrons. The highest BCUT2D eigenvalue weighted by atomic mass is 19.1. The van der Waals surface area contributed by atoms with Crippen LogP contribution in [0.5, 0.6) is 6.01 Å². The minimum absolute atomic E-state index is 0.199. The van der Waals surface area contributed by atoms with Crippen molar-refractivity contribution in [3.8, 4) is 6.01 Å². The second-order valence-electron chi connectivity index (χ2n) is 10.5. The monoisotopic (exact) mass is 517 g/mol. The van der Waals surface area contributed by atoms with Gasteiger partial charge in [0.2, 0.25) is 0 Å². The summed E-state index contributed by atoms with van der Waals surface area (Å²) in [5.74, 6) is 1.09. The number of anilines is 3. The lowest BCUT2D eigenvalue weighted by Gasteiger charge is -2.42. The van der Waals surface area contributed by atoms with Crippen molar-refractivity contribution in [2.24, 2.45) is 0 Å². The van der Waals surface area contributed by atoms with Crippen LogP contribution in [0.4, 0.5) is 21.6 Å². The quantitative estimate of drug-likeness (QED) is 0.366. The van der Waals surface area contributed by atoms with Crippen LogP contribution < -0.4 is 15.0 Å². The van der Waals surface area contributed by atoms with E-state index in [9.17, 15) is 9.18 Å². The molecule has 1 N–H and O–H groups in total. The summed E-state index contributed by atoms with van der Waals surface area (Å²) in [4.78, 5) is 27.3. The maximum atomic E-state index is 13.5. The van der Waals surface area contributed by atoms with Gasteiger partial charge in [-0.2, -0.15) is 0 Å². The Bertz CT molecular complexity index is 1270. The summed E-state index contributed by atoms with van der Waals surface area (Å²) in [6.45, 7) is 2.93. The first-order valence-electron chi connectivity index (χ1n) is 13.5. The van der Waals surface area contributed by atoms with Crippen LogP contribution in [-0.2, 0) is 15.1 Å². The number of carbonyl (C=O) groups is 1. The molecule has 0 radical (unpaired) electrons. The lowest BCUT2D eigenvalue weighted by Crippen LogP contribution is -2.43. The van der Waals surface area contributed by atoms with E-state index in [1.165, 1.54) is 5.56 Å². The summed E-state index contributed by atoms with van der Waals surface area (Å²) in [6, 6.07) is 10.0. The Morgan fingerprint density at radius 2 is 1.79 bits per heavy atom. The van der Waals surface area contributed by atoms with Crippen molar-refractivity contribution < 1.29 is 18.7 Å². The molecule has 9 heteroatoms. The smallest absolute Gasteiger partial charge is 0.316 e. The van der Waals surface area contributed by atoms with Crippen molar-refractivity contribution in [2.75, 3.05) is 16.8 Å². The molecule has 4 heterocycles. The highest BCUT2D eigenvalue weighted by Crippen LogP contribution is 2.49. The zero-order valence-electron chi connectivity index (χ0n) is 21.5. The molecule has 2 aromatic heterocycles. The summed E-state index contributed by atoms with van der Waals surface area (Å²) in [6.07, 6.45) is 12.0. The number of rotatable bonds is 9. The number of pyridine rings is 1. The Kier molecular flexibility index (Phi) is 6.59. The Labute approximate surface area is 221 Å². The second kappa shape index (κ2) is 10.2. The third-order valence-electron chi connectivity index (χ3n) is 8.33. The molecule has 6 rings (SSSR count). The van der Waals surface area contributed by atoms with Crippen LogP contribution in [0.3, 0.4) is 0 Å². The van der Waals surface area contributed by atoms with Crippen LogP contribution in [0.2, 0.25) is 0 Å². The van der Waals surface area contributed by atoms with E-state index in [2.05, 4.69) is 26.3 Å². The molecule has 2 atom stereocenters. The maximum Gasteiger partial charge on any atom is 0.316 e. The van der Waals surface area contributed by atoms with E-state index in [1.54, 1.807) is 24.5 Å². The fourth-order valence-electron chi connectivity index (χ4n) is 6.34. The number of carbonyl (C=O) groups excluding carboxylic acids is 1. The second-order valence-corrected chi connectivity index (χ2v) is 10.5. The molecule has 2 unspecified atom stereocenters. The Morgan fingerprint density at radius 3 is 2.39 bits per heavy atom. The molecule has 0 amide bonds. The van der Waals surface area contributed by atoms with Crippen molar-refractivity contribution in [3.63, 3.8) is 0 Å². The molecule has 0 spiro atoms. The molecule has 2 aliphatic heterocycles. The van der Waals surface area contributed by atoms with E-state index in [4.69, 9.17) is 14.5 Å². The number of benzene rings is 1. The highest BCUT2D eigenvalue weighted by Gasteiger charge is 2.44. The highest BCUT2D eigenvalue weighted by molar-refractivity contribution is 5.74. The molecule has 1 aromatic carbocycles. The fourth-order valence-corrected chi connectivity index (χ4v) is 6.34. The van der Waals surface area contributed by atoms with Crippen molar-refractivity contribution in [1.29, 1.82) is 0 Å². The average molecular weight is 518 g/mol. The number of fused-ring (bicyclic) bond motifs is 2. The Balaban J connectivity index is 1.32. The first kappa shape index (κ1) is 24.6. The largest absolute Gasteiger partial charge is 0.464 e. The van der Waals surface area contributed by atoms with Gasteiger partial charge in [-0.15, -0.1) is 0 Å². The van der Waals surface area contributed by atoms with Gasteiger partial charge < -0.3 is 19.7 Å². The van der Waals surface area contributed by atoms with Gasteiger partial charge >= 0.3 is 6.01 Å². The normalized spacial score (nSPS) is 23.4. The molecule has 3 aliphatic rings. The van der Waals surface area contributed by atoms with Crippen molar-refractivity contribution in [1.82, 2.24) is 15.0 Å². The minimum atomic E-state index is -0.617. The van der Waals surface area contributed by atoms with Gasteiger partial charge in [0.25, 0.3) is 6.47 Å². The Hall–Kier alpha value is -3.75. The summed E-state index contributed by atoms with van der Waals surface area (Å²) in [5, 5.41) is 3.49. The average Bonchev–Trinajstić information content (AvgIpc) is 3.16. The van der Waals surface area contributed by atoms with Crippen molar-refractivity contribution in [2.45, 2.75) is 75.5 Å². The Morgan fingerprint density at radius 1 is 1.08 bits per heavy atom. The third kappa shape index (κ3) is 4.54. The molecule has 1 aliphatic carbocycles. The number of halogens is 1. The number of ether oxygens (including phenoxy) is 2. The van der Waals surface area contributed by atoms with Gasteiger partial charge in [-0.1, -0.05) is 12.1 Å². The maximum absolute atomic E-state index is 13.5. The van der Waals surface area contributed by atoms with E-state index < -0.39 is 5.60 Å². The fraction of sp³-hybridized carbons (Fsp3) is 0.448. The number of nitrogens with one attached hydrogen (secondary N) is 1. The SMILES string of the molecule is CCOc1ncc(Nc2cc(C3(OC=O)CCC3)cnc2N2C3CCC2CC(c2ccc(F)cc2)C3)cn1. The first-order valence-corrected chi connectivity index (χ1v) is 13.5. The molecule has 3 fully saturated rings. The molecule has 1 saturated carbocycles. The van der Waals surface area contributed by atoms with E-state index >= 15 is 0 Å². The van der Waals surface area contributed by atoms with Crippen LogP contribution in [0.25, 0.3) is 0 Å². The molecule has 8 nitrogen and oxygen atoms in total. The van der Waals surface area contributed by atoms with Crippen LogP contribution >= 0.6 is 0 Å². The molecular weight excluding hydrogens is 485 g/mol. The number of aromatic nitrogens is 3. The zero-order chi connectivity index (χ0) is 26.1. The zero-order valence-corrected chi connectivity index (χ0v) is 21.5. The van der Waals surface area contributed by atoms with Crippen LogP contribution in [0.15, 0.2) is 48.9 Å². The van der Waals surface area contributed by atoms with Crippen LogP contribution in [0.1, 0.15) is 68.9 Å². The first-order chi connectivity index (χ1) is 18.6. The van der Waals surface area contributed by atoms with E-state index in [0.29, 0.717) is 37.1 Å². The van der Waals surface area contributed by atoms with E-state index in [-0.39, 0.29) is 5.82 Å². The predicted octanol–water partition coefficient (Wildman–Crippen LogP) is 5.62. The van der Waals surface area contributed by atoms with Gasteiger partial charge in [0.15, 0.2) is 5.82 Å². The molecule has 2 bridgehead atoms. The molecule has 2 saturated heterocycles. The summed E-state index contributed by atoms with van der Waals surface area (Å²) >= 11 is 0. The van der Waals surface area contributed by atoms with E-state index in [0.717, 1.165) is 67.7 Å². The van der Waals surface area contributed by atoms with Gasteiger partial charge in [0, 0.05) is 23.8 Å². The van der Waals surface area contributed by atoms with Gasteiger partial charge in [-0.05, 0) is 81.5 Å². The van der Waals surface area contributed by atoms with Crippen LogP contribution in [0, 0.1) is 5.82 Å². The minimum Gasteiger partial charge on any atom is -0.464 e. The molecule has 3 aromatic rings. The molecular formula is C29H32FN5O3. The van der Waals surface area contributed by atoms with Gasteiger partial charge in [0.05, 0.1) is 30.4 Å². The lowest BCUT2D eigenvalue weighted by molar-refractivity contribution is -0.155. The lowest BCUT2D eigenvalue weighted by atomic mass is 9.75.